The highest BCUT2D eigenvalue weighted by molar-refractivity contribution is 6.07. The largest absolute Gasteiger partial charge is 0.437 e. The van der Waals surface area contributed by atoms with Gasteiger partial charge in [0.1, 0.15) is 5.58 Å². The zero-order chi connectivity index (χ0) is 20.1. The number of aryl methyl sites for hydroxylation is 3. The van der Waals surface area contributed by atoms with Gasteiger partial charge in [0, 0.05) is 41.3 Å². The van der Waals surface area contributed by atoms with Gasteiger partial charge in [0.05, 0.1) is 0 Å². The maximum atomic E-state index is 6.27. The molecule has 1 aliphatic heterocycles. The lowest BCUT2D eigenvalue weighted by Crippen LogP contribution is -2.22. The molecule has 0 aliphatic carbocycles. The monoisotopic (exact) mass is 380 g/mol. The predicted molar refractivity (Wildman–Crippen MR) is 121 cm³/mol. The van der Waals surface area contributed by atoms with E-state index in [2.05, 4.69) is 85.4 Å². The third-order valence-electron chi connectivity index (χ3n) is 5.79. The topological polar surface area (TPSA) is 29.3 Å². The highest BCUT2D eigenvalue weighted by Crippen LogP contribution is 2.37. The molecule has 144 valence electrons. The number of benzene rings is 2. The van der Waals surface area contributed by atoms with Gasteiger partial charge in [-0.05, 0) is 55.7 Å². The van der Waals surface area contributed by atoms with E-state index in [1.54, 1.807) is 0 Å². The second-order valence-electron chi connectivity index (χ2n) is 8.01. The molecule has 0 fully saturated rings. The van der Waals surface area contributed by atoms with E-state index in [1.165, 1.54) is 28.0 Å². The highest BCUT2D eigenvalue weighted by atomic mass is 16.3. The fraction of sp³-hybridized carbons (Fsp3) is 0.192. The average Bonchev–Trinajstić information content (AvgIpc) is 3.06. The van der Waals surface area contributed by atoms with Gasteiger partial charge in [0.25, 0.3) is 0 Å². The summed E-state index contributed by atoms with van der Waals surface area (Å²) in [4.78, 5) is 6.90. The van der Waals surface area contributed by atoms with Crippen molar-refractivity contribution in [2.45, 2.75) is 20.8 Å². The van der Waals surface area contributed by atoms with Crippen LogP contribution in [0.15, 0.2) is 65.1 Å². The lowest BCUT2D eigenvalue weighted by atomic mass is 9.96. The first-order chi connectivity index (χ1) is 14.0. The van der Waals surface area contributed by atoms with Gasteiger partial charge in [-0.1, -0.05) is 48.0 Å². The Morgan fingerprint density at radius 3 is 2.38 bits per heavy atom. The number of nitrogens with zero attached hydrogens (tertiary/aromatic N) is 2. The molecule has 4 aromatic rings. The smallest absolute Gasteiger partial charge is 0.227 e. The van der Waals surface area contributed by atoms with E-state index < -0.39 is 0 Å². The first-order valence-electron chi connectivity index (χ1n) is 10.00. The van der Waals surface area contributed by atoms with Crippen LogP contribution in [0.25, 0.3) is 33.3 Å². The van der Waals surface area contributed by atoms with Gasteiger partial charge in [-0.3, -0.25) is 0 Å². The molecule has 0 atom stereocenters. The van der Waals surface area contributed by atoms with Gasteiger partial charge in [-0.15, -0.1) is 0 Å². The van der Waals surface area contributed by atoms with Crippen molar-refractivity contribution in [3.05, 3.63) is 88.6 Å². The van der Waals surface area contributed by atoms with Crippen LogP contribution in [0.4, 0.5) is 0 Å². The Balaban J connectivity index is 1.67. The van der Waals surface area contributed by atoms with E-state index in [4.69, 9.17) is 4.42 Å². The first-order valence-corrected chi connectivity index (χ1v) is 10.00. The second-order valence-corrected chi connectivity index (χ2v) is 8.01. The normalized spacial score (nSPS) is 14.4. The number of pyridine rings is 1. The van der Waals surface area contributed by atoms with Gasteiger partial charge < -0.3 is 9.32 Å². The average molecular weight is 380 g/mol. The molecule has 3 nitrogen and oxygen atoms in total. The van der Waals surface area contributed by atoms with E-state index in [9.17, 15) is 0 Å². The van der Waals surface area contributed by atoms with Crippen molar-refractivity contribution in [3.8, 4) is 0 Å². The Morgan fingerprint density at radius 1 is 0.862 bits per heavy atom. The van der Waals surface area contributed by atoms with Crippen LogP contribution in [0.2, 0.25) is 0 Å². The molecule has 5 rings (SSSR count). The standard InChI is InChI=1S/C26H24N2O/c1-16-5-9-19(10-6-16)20-11-14-23(28(4)15-20)24-17(2)7-12-21-22-13-8-18(3)27-26(22)29-25(21)24/h5-14H,15H2,1-4H3. The molecule has 3 heteroatoms. The Bertz CT molecular complexity index is 1310. The number of hydrogen-bond donors (Lipinski definition) is 0. The van der Waals surface area contributed by atoms with Crippen molar-refractivity contribution >= 4 is 33.3 Å². The molecule has 3 heterocycles. The molecule has 2 aromatic carbocycles. The van der Waals surface area contributed by atoms with Gasteiger partial charge in [0.15, 0.2) is 0 Å². The number of hydrogen-bond acceptors (Lipinski definition) is 3. The summed E-state index contributed by atoms with van der Waals surface area (Å²) in [5, 5.41) is 2.19. The summed E-state index contributed by atoms with van der Waals surface area (Å²) < 4.78 is 6.27. The van der Waals surface area contributed by atoms with Crippen molar-refractivity contribution in [2.75, 3.05) is 13.6 Å². The number of fused-ring (bicyclic) bond motifs is 3. The molecule has 2 aromatic heterocycles. The number of allylic oxidation sites excluding steroid dienone is 2. The van der Waals surface area contributed by atoms with Gasteiger partial charge in [0.2, 0.25) is 5.71 Å². The molecule has 1 aliphatic rings. The summed E-state index contributed by atoms with van der Waals surface area (Å²) in [6, 6.07) is 17.2. The van der Waals surface area contributed by atoms with E-state index in [0.29, 0.717) is 5.71 Å². The van der Waals surface area contributed by atoms with Crippen LogP contribution in [0.3, 0.4) is 0 Å². The van der Waals surface area contributed by atoms with E-state index in [-0.39, 0.29) is 0 Å². The second kappa shape index (κ2) is 6.63. The summed E-state index contributed by atoms with van der Waals surface area (Å²) in [5.74, 6) is 0. The molecule has 0 bridgehead atoms. The Kier molecular flexibility index (Phi) is 4.06. The Labute approximate surface area is 171 Å². The predicted octanol–water partition coefficient (Wildman–Crippen LogP) is 6.28. The van der Waals surface area contributed by atoms with Crippen molar-refractivity contribution < 1.29 is 4.42 Å². The van der Waals surface area contributed by atoms with E-state index >= 15 is 0 Å². The zero-order valence-electron chi connectivity index (χ0n) is 17.3. The molecule has 0 spiro atoms. The maximum absolute atomic E-state index is 6.27. The van der Waals surface area contributed by atoms with Crippen LogP contribution < -0.4 is 0 Å². The third-order valence-corrected chi connectivity index (χ3v) is 5.79. The molecular formula is C26H24N2O. The number of likely N-dealkylation sites (N-methyl/N-ethyl adjacent to an activating group) is 1. The molecule has 0 saturated carbocycles. The fourth-order valence-electron chi connectivity index (χ4n) is 4.16. The minimum absolute atomic E-state index is 0.710. The summed E-state index contributed by atoms with van der Waals surface area (Å²) in [6.07, 6.45) is 4.45. The van der Waals surface area contributed by atoms with Crippen LogP contribution in [0, 0.1) is 20.8 Å². The first kappa shape index (κ1) is 17.7. The lowest BCUT2D eigenvalue weighted by molar-refractivity contribution is 0.537. The Hall–Kier alpha value is -3.33. The van der Waals surface area contributed by atoms with Crippen molar-refractivity contribution in [1.29, 1.82) is 0 Å². The van der Waals surface area contributed by atoms with Crippen LogP contribution in [-0.2, 0) is 0 Å². The minimum Gasteiger partial charge on any atom is -0.437 e. The number of aromatic nitrogens is 1. The molecule has 0 amide bonds. The summed E-state index contributed by atoms with van der Waals surface area (Å²) >= 11 is 0. The summed E-state index contributed by atoms with van der Waals surface area (Å²) in [5.41, 5.74) is 10.0. The molecular weight excluding hydrogens is 356 g/mol. The van der Waals surface area contributed by atoms with Gasteiger partial charge in [-0.25, -0.2) is 4.98 Å². The van der Waals surface area contributed by atoms with Crippen LogP contribution in [0.1, 0.15) is 27.9 Å². The van der Waals surface area contributed by atoms with E-state index in [1.807, 2.05) is 13.0 Å². The van der Waals surface area contributed by atoms with Crippen molar-refractivity contribution in [2.24, 2.45) is 0 Å². The number of furan rings is 1. The lowest BCUT2D eigenvalue weighted by Gasteiger charge is -2.28. The molecule has 0 N–H and O–H groups in total. The van der Waals surface area contributed by atoms with Gasteiger partial charge in [-0.2, -0.15) is 0 Å². The van der Waals surface area contributed by atoms with Crippen LogP contribution in [0.5, 0.6) is 0 Å². The Morgan fingerprint density at radius 2 is 1.62 bits per heavy atom. The quantitative estimate of drug-likeness (QED) is 0.410. The maximum Gasteiger partial charge on any atom is 0.227 e. The van der Waals surface area contributed by atoms with Crippen molar-refractivity contribution in [3.63, 3.8) is 0 Å². The fourth-order valence-corrected chi connectivity index (χ4v) is 4.16. The molecule has 0 saturated heterocycles. The molecule has 29 heavy (non-hydrogen) atoms. The highest BCUT2D eigenvalue weighted by Gasteiger charge is 2.21. The summed E-state index contributed by atoms with van der Waals surface area (Å²) in [6.45, 7) is 7.13. The minimum atomic E-state index is 0.710. The van der Waals surface area contributed by atoms with Crippen LogP contribution in [-0.4, -0.2) is 23.5 Å². The zero-order valence-corrected chi connectivity index (χ0v) is 17.3. The van der Waals surface area contributed by atoms with Crippen molar-refractivity contribution in [1.82, 2.24) is 9.88 Å². The van der Waals surface area contributed by atoms with Gasteiger partial charge >= 0.3 is 0 Å². The third kappa shape index (κ3) is 2.94. The molecule has 0 radical (unpaired) electrons. The number of rotatable bonds is 2. The summed E-state index contributed by atoms with van der Waals surface area (Å²) in [7, 11) is 2.15. The molecule has 0 unspecified atom stereocenters. The van der Waals surface area contributed by atoms with Crippen LogP contribution >= 0.6 is 0 Å². The van der Waals surface area contributed by atoms with E-state index in [0.717, 1.165) is 34.2 Å². The SMILES string of the molecule is Cc1ccc(C2=CC=C(c3c(C)ccc4c3oc3nc(C)ccc34)N(C)C2)cc1.